The minimum atomic E-state index is 0.131. The van der Waals surface area contributed by atoms with E-state index in [2.05, 4.69) is 27.7 Å². The van der Waals surface area contributed by atoms with E-state index in [9.17, 15) is 0 Å². The highest BCUT2D eigenvalue weighted by Crippen LogP contribution is 2.42. The molecule has 0 spiro atoms. The van der Waals surface area contributed by atoms with Crippen molar-refractivity contribution in [3.05, 3.63) is 0 Å². The van der Waals surface area contributed by atoms with Gasteiger partial charge in [0.25, 0.3) is 0 Å². The summed E-state index contributed by atoms with van der Waals surface area (Å²) >= 11 is 0. The highest BCUT2D eigenvalue weighted by atomic mass is 16.5. The van der Waals surface area contributed by atoms with E-state index >= 15 is 0 Å². The van der Waals surface area contributed by atoms with Crippen molar-refractivity contribution >= 4 is 0 Å². The van der Waals surface area contributed by atoms with Gasteiger partial charge < -0.3 is 10.5 Å². The molecule has 0 aromatic carbocycles. The van der Waals surface area contributed by atoms with Gasteiger partial charge in [-0.2, -0.15) is 0 Å². The average Bonchev–Trinajstić information content (AvgIpc) is 2.30. The highest BCUT2D eigenvalue weighted by molar-refractivity contribution is 4.91. The number of hydrogen-bond donors (Lipinski definition) is 1. The van der Waals surface area contributed by atoms with Crippen molar-refractivity contribution in [1.82, 2.24) is 0 Å². The van der Waals surface area contributed by atoms with Crippen molar-refractivity contribution in [2.24, 2.45) is 16.6 Å². The van der Waals surface area contributed by atoms with Gasteiger partial charge in [0.1, 0.15) is 0 Å². The number of ether oxygens (including phenoxy) is 1. The van der Waals surface area contributed by atoms with Crippen LogP contribution in [0.1, 0.15) is 72.6 Å². The molecule has 0 fully saturated rings. The van der Waals surface area contributed by atoms with Gasteiger partial charge >= 0.3 is 0 Å². The van der Waals surface area contributed by atoms with Crippen LogP contribution in [0.15, 0.2) is 0 Å². The fourth-order valence-electron chi connectivity index (χ4n) is 2.65. The molecule has 0 aromatic heterocycles. The van der Waals surface area contributed by atoms with Crippen LogP contribution in [-0.2, 0) is 4.74 Å². The average molecular weight is 257 g/mol. The third kappa shape index (κ3) is 5.71. The first-order valence-electron chi connectivity index (χ1n) is 7.62. The van der Waals surface area contributed by atoms with Gasteiger partial charge in [-0.1, -0.05) is 66.2 Å². The molecule has 0 rings (SSSR count). The van der Waals surface area contributed by atoms with Gasteiger partial charge in [-0.25, -0.2) is 0 Å². The van der Waals surface area contributed by atoms with Crippen LogP contribution in [0, 0.1) is 10.8 Å². The van der Waals surface area contributed by atoms with Crippen LogP contribution in [0.2, 0.25) is 0 Å². The third-order valence-corrected chi connectivity index (χ3v) is 4.41. The second kappa shape index (κ2) is 8.92. The fourth-order valence-corrected chi connectivity index (χ4v) is 2.65. The Morgan fingerprint density at radius 1 is 0.944 bits per heavy atom. The van der Waals surface area contributed by atoms with Crippen LogP contribution in [-0.4, -0.2) is 20.3 Å². The molecule has 0 saturated heterocycles. The van der Waals surface area contributed by atoms with Gasteiger partial charge in [0.05, 0.1) is 6.61 Å². The molecule has 2 heteroatoms. The van der Waals surface area contributed by atoms with Crippen LogP contribution < -0.4 is 5.73 Å². The normalized spacial score (nSPS) is 15.7. The summed E-state index contributed by atoms with van der Waals surface area (Å²) in [6.45, 7) is 10.6. The molecule has 0 bridgehead atoms. The summed E-state index contributed by atoms with van der Waals surface area (Å²) in [5.74, 6) is 0. The Morgan fingerprint density at radius 3 is 1.94 bits per heavy atom. The molecule has 1 unspecified atom stereocenters. The van der Waals surface area contributed by atoms with E-state index in [-0.39, 0.29) is 10.8 Å². The maximum Gasteiger partial charge on any atom is 0.0535 e. The zero-order valence-corrected chi connectivity index (χ0v) is 13.3. The van der Waals surface area contributed by atoms with Crippen LogP contribution in [0.5, 0.6) is 0 Å². The molecule has 110 valence electrons. The van der Waals surface area contributed by atoms with E-state index in [1.807, 2.05) is 0 Å². The topological polar surface area (TPSA) is 35.2 Å². The molecule has 0 aliphatic rings. The summed E-state index contributed by atoms with van der Waals surface area (Å²) in [6, 6.07) is 0. The van der Waals surface area contributed by atoms with Gasteiger partial charge in [-0.3, -0.25) is 0 Å². The van der Waals surface area contributed by atoms with Crippen molar-refractivity contribution in [1.29, 1.82) is 0 Å². The summed E-state index contributed by atoms with van der Waals surface area (Å²) in [7, 11) is 1.79. The van der Waals surface area contributed by atoms with Gasteiger partial charge in [-0.15, -0.1) is 0 Å². The van der Waals surface area contributed by atoms with E-state index in [1.165, 1.54) is 44.9 Å². The third-order valence-electron chi connectivity index (χ3n) is 4.41. The van der Waals surface area contributed by atoms with E-state index in [1.54, 1.807) is 7.11 Å². The fraction of sp³-hybridized carbons (Fsp3) is 1.00. The maximum atomic E-state index is 6.06. The van der Waals surface area contributed by atoms with Crippen molar-refractivity contribution in [3.63, 3.8) is 0 Å². The van der Waals surface area contributed by atoms with Crippen LogP contribution in [0.3, 0.4) is 0 Å². The second-order valence-corrected chi connectivity index (χ2v) is 6.69. The molecule has 0 heterocycles. The Balaban J connectivity index is 4.17. The first kappa shape index (κ1) is 17.9. The summed E-state index contributed by atoms with van der Waals surface area (Å²) in [6.07, 6.45) is 9.24. The molecule has 0 aliphatic carbocycles. The van der Waals surface area contributed by atoms with Crippen LogP contribution in [0.25, 0.3) is 0 Å². The monoisotopic (exact) mass is 257 g/mol. The first-order chi connectivity index (χ1) is 8.43. The van der Waals surface area contributed by atoms with Gasteiger partial charge in [0, 0.05) is 19.1 Å². The summed E-state index contributed by atoms with van der Waals surface area (Å²) in [4.78, 5) is 0. The van der Waals surface area contributed by atoms with Gasteiger partial charge in [-0.05, 0) is 11.8 Å². The number of nitrogens with two attached hydrogens (primary N) is 1. The second-order valence-electron chi connectivity index (χ2n) is 6.69. The molecule has 1 atom stereocenters. The Kier molecular flexibility index (Phi) is 8.89. The lowest BCUT2D eigenvalue weighted by molar-refractivity contribution is -0.00839. The largest absolute Gasteiger partial charge is 0.384 e. The summed E-state index contributed by atoms with van der Waals surface area (Å²) < 4.78 is 5.44. The predicted molar refractivity (Wildman–Crippen MR) is 80.8 cm³/mol. The highest BCUT2D eigenvalue weighted by Gasteiger charge is 2.40. The van der Waals surface area contributed by atoms with Gasteiger partial charge in [0.2, 0.25) is 0 Å². The number of rotatable bonds is 10. The Labute approximate surface area is 115 Å². The Bertz CT molecular complexity index is 198. The quantitative estimate of drug-likeness (QED) is 0.590. The number of unbranched alkanes of at least 4 members (excludes halogenated alkanes) is 5. The van der Waals surface area contributed by atoms with Crippen molar-refractivity contribution in [3.8, 4) is 0 Å². The standard InChI is InChI=1S/C16H35NO/c1-6-7-8-9-10-11-12-16(13-17,14-18-5)15(2,3)4/h6-14,17H2,1-5H3. The molecular formula is C16H35NO. The SMILES string of the molecule is CCCCCCCCC(CN)(COC)C(C)(C)C. The Morgan fingerprint density at radius 2 is 1.50 bits per heavy atom. The molecule has 0 aromatic rings. The van der Waals surface area contributed by atoms with E-state index < -0.39 is 0 Å². The lowest BCUT2D eigenvalue weighted by Crippen LogP contribution is -2.45. The smallest absolute Gasteiger partial charge is 0.0535 e. The molecule has 18 heavy (non-hydrogen) atoms. The minimum absolute atomic E-state index is 0.131. The van der Waals surface area contributed by atoms with E-state index in [0.29, 0.717) is 0 Å². The molecule has 0 radical (unpaired) electrons. The molecule has 2 N–H and O–H groups in total. The maximum absolute atomic E-state index is 6.06. The molecule has 0 aliphatic heterocycles. The molecule has 2 nitrogen and oxygen atoms in total. The molecular weight excluding hydrogens is 222 g/mol. The zero-order chi connectivity index (χ0) is 14.1. The summed E-state index contributed by atoms with van der Waals surface area (Å²) in [5, 5.41) is 0. The molecule has 0 saturated carbocycles. The summed E-state index contributed by atoms with van der Waals surface area (Å²) in [5.41, 5.74) is 6.40. The van der Waals surface area contributed by atoms with Crippen molar-refractivity contribution in [2.75, 3.05) is 20.3 Å². The van der Waals surface area contributed by atoms with E-state index in [0.717, 1.165) is 13.2 Å². The zero-order valence-electron chi connectivity index (χ0n) is 13.3. The van der Waals surface area contributed by atoms with Gasteiger partial charge in [0.15, 0.2) is 0 Å². The van der Waals surface area contributed by atoms with Crippen molar-refractivity contribution in [2.45, 2.75) is 72.6 Å². The molecule has 0 amide bonds. The number of methoxy groups -OCH3 is 1. The number of hydrogen-bond acceptors (Lipinski definition) is 2. The Hall–Kier alpha value is -0.0800. The first-order valence-corrected chi connectivity index (χ1v) is 7.62. The lowest BCUT2D eigenvalue weighted by atomic mass is 9.64. The minimum Gasteiger partial charge on any atom is -0.384 e. The van der Waals surface area contributed by atoms with E-state index in [4.69, 9.17) is 10.5 Å². The van der Waals surface area contributed by atoms with Crippen LogP contribution >= 0.6 is 0 Å². The van der Waals surface area contributed by atoms with Crippen LogP contribution in [0.4, 0.5) is 0 Å². The predicted octanol–water partition coefficient (Wildman–Crippen LogP) is 4.37. The lowest BCUT2D eigenvalue weighted by Gasteiger charge is -2.44. The van der Waals surface area contributed by atoms with Crippen molar-refractivity contribution < 1.29 is 4.74 Å².